The van der Waals surface area contributed by atoms with Crippen LogP contribution >= 0.6 is 0 Å². The number of fused-ring (bicyclic) bond motifs is 1. The number of rotatable bonds is 7. The van der Waals surface area contributed by atoms with Crippen LogP contribution in [-0.2, 0) is 16.1 Å². The Morgan fingerprint density at radius 1 is 0.911 bits per heavy atom. The summed E-state index contributed by atoms with van der Waals surface area (Å²) in [6.45, 7) is 3.93. The summed E-state index contributed by atoms with van der Waals surface area (Å²) in [5.41, 5.74) is 3.63. The summed E-state index contributed by atoms with van der Waals surface area (Å²) < 4.78 is 11.1. The van der Waals surface area contributed by atoms with Crippen LogP contribution in [0.15, 0.2) is 85.3 Å². The number of hydrogen-bond donors (Lipinski definition) is 1. The average Bonchev–Trinajstić information content (AvgIpc) is 3.06. The number of piperazine rings is 1. The molecule has 0 aliphatic carbocycles. The number of aromatic nitrogens is 3. The van der Waals surface area contributed by atoms with Gasteiger partial charge in [-0.25, -0.2) is 19.6 Å². The summed E-state index contributed by atoms with van der Waals surface area (Å²) in [6.07, 6.45) is 7.13. The maximum absolute atomic E-state index is 13.5. The van der Waals surface area contributed by atoms with E-state index in [-0.39, 0.29) is 17.1 Å². The van der Waals surface area contributed by atoms with Crippen molar-refractivity contribution in [1.29, 1.82) is 0 Å². The van der Waals surface area contributed by atoms with Crippen molar-refractivity contribution in [2.24, 2.45) is 0 Å². The molecule has 2 aromatic carbocycles. The summed E-state index contributed by atoms with van der Waals surface area (Å²) in [6, 6.07) is 16.1. The fourth-order valence-electron chi connectivity index (χ4n) is 5.04. The Morgan fingerprint density at radius 2 is 1.64 bits per heavy atom. The normalized spacial score (nSPS) is 16.0. The van der Waals surface area contributed by atoms with Crippen molar-refractivity contribution in [3.05, 3.63) is 96.5 Å². The lowest BCUT2D eigenvalue weighted by Crippen LogP contribution is -2.43. The van der Waals surface area contributed by atoms with Crippen molar-refractivity contribution >= 4 is 35.2 Å². The van der Waals surface area contributed by atoms with Crippen LogP contribution in [0.4, 0.5) is 17.3 Å². The minimum Gasteiger partial charge on any atom is -0.419 e. The van der Waals surface area contributed by atoms with E-state index in [2.05, 4.69) is 37.1 Å². The first kappa shape index (κ1) is 29.6. The number of likely N-dealkylation sites (N-methyl/N-ethyl adjacent to an activating group) is 1. The average molecular weight is 606 g/mol. The molecule has 12 heteroatoms. The van der Waals surface area contributed by atoms with Gasteiger partial charge in [0.05, 0.1) is 11.3 Å². The molecule has 0 radical (unpaired) electrons. The second kappa shape index (κ2) is 13.0. The third kappa shape index (κ3) is 6.87. The van der Waals surface area contributed by atoms with Crippen LogP contribution in [0.2, 0.25) is 0 Å². The van der Waals surface area contributed by atoms with Crippen LogP contribution in [0.3, 0.4) is 0 Å². The molecule has 0 spiro atoms. The van der Waals surface area contributed by atoms with Gasteiger partial charge < -0.3 is 24.6 Å². The van der Waals surface area contributed by atoms with E-state index in [4.69, 9.17) is 9.47 Å². The van der Waals surface area contributed by atoms with Crippen molar-refractivity contribution in [2.45, 2.75) is 6.54 Å². The lowest BCUT2D eigenvalue weighted by atomic mass is 10.1. The molecule has 45 heavy (non-hydrogen) atoms. The number of ether oxygens (including phenoxy) is 2. The summed E-state index contributed by atoms with van der Waals surface area (Å²) in [7, 11) is 3.92. The van der Waals surface area contributed by atoms with Crippen LogP contribution in [-0.4, -0.2) is 82.9 Å². The molecular formula is C33H31N7O5. The Hall–Kier alpha value is -5.46. The van der Waals surface area contributed by atoms with Gasteiger partial charge in [-0.3, -0.25) is 14.7 Å². The highest BCUT2D eigenvalue weighted by molar-refractivity contribution is 6.08. The van der Waals surface area contributed by atoms with Gasteiger partial charge >= 0.3 is 11.9 Å². The molecule has 0 unspecified atom stereocenters. The molecule has 1 saturated heterocycles. The van der Waals surface area contributed by atoms with Crippen LogP contribution in [0, 0.1) is 0 Å². The Kier molecular flexibility index (Phi) is 8.58. The summed E-state index contributed by atoms with van der Waals surface area (Å²) in [5.74, 6) is -1.56. The van der Waals surface area contributed by atoms with Gasteiger partial charge in [-0.1, -0.05) is 6.07 Å². The van der Waals surface area contributed by atoms with Gasteiger partial charge in [0.15, 0.2) is 11.5 Å². The molecule has 0 bridgehead atoms. The number of hydrogen-bond acceptors (Lipinski definition) is 11. The molecule has 0 atom stereocenters. The van der Waals surface area contributed by atoms with Crippen molar-refractivity contribution in [1.82, 2.24) is 24.8 Å². The van der Waals surface area contributed by atoms with Crippen LogP contribution in [0.5, 0.6) is 11.5 Å². The van der Waals surface area contributed by atoms with Crippen molar-refractivity contribution in [3.63, 3.8) is 0 Å². The molecule has 1 amide bonds. The lowest BCUT2D eigenvalue weighted by Gasteiger charge is -2.32. The monoisotopic (exact) mass is 605 g/mol. The molecule has 1 fully saturated rings. The van der Waals surface area contributed by atoms with E-state index in [0.717, 1.165) is 55.3 Å². The maximum atomic E-state index is 13.5. The molecule has 6 rings (SSSR count). The minimum absolute atomic E-state index is 0.0605. The van der Waals surface area contributed by atoms with E-state index in [1.165, 1.54) is 0 Å². The van der Waals surface area contributed by atoms with Crippen molar-refractivity contribution < 1.29 is 23.9 Å². The quantitative estimate of drug-likeness (QED) is 0.245. The Labute approximate surface area is 259 Å². The Morgan fingerprint density at radius 3 is 2.36 bits per heavy atom. The number of amides is 1. The van der Waals surface area contributed by atoms with Crippen LogP contribution < -0.4 is 19.7 Å². The number of nitrogens with zero attached hydrogens (tertiary/aromatic N) is 6. The second-order valence-corrected chi connectivity index (χ2v) is 10.7. The SMILES string of the molecule is CN1CCN(Cc2ccc(C(=O)Nc3ccc(N(C)c4nccc(-c5cccnc5)n4)cc3)c3c2OC(=O)/C=C/C(=O)O3)CC1. The zero-order valence-corrected chi connectivity index (χ0v) is 24.8. The predicted octanol–water partition coefficient (Wildman–Crippen LogP) is 3.69. The number of esters is 2. The highest BCUT2D eigenvalue weighted by atomic mass is 16.6. The molecule has 0 saturated carbocycles. The van der Waals surface area contributed by atoms with E-state index in [1.54, 1.807) is 42.9 Å². The first-order valence-electron chi connectivity index (χ1n) is 14.4. The van der Waals surface area contributed by atoms with Gasteiger partial charge in [-0.2, -0.15) is 0 Å². The number of benzene rings is 2. The molecule has 4 heterocycles. The molecule has 12 nitrogen and oxygen atoms in total. The van der Waals surface area contributed by atoms with Crippen LogP contribution in [0.1, 0.15) is 15.9 Å². The van der Waals surface area contributed by atoms with E-state index in [9.17, 15) is 14.4 Å². The smallest absolute Gasteiger partial charge is 0.336 e. The zero-order valence-electron chi connectivity index (χ0n) is 24.8. The summed E-state index contributed by atoms with van der Waals surface area (Å²) >= 11 is 0. The van der Waals surface area contributed by atoms with Crippen LogP contribution in [0.25, 0.3) is 11.3 Å². The molecule has 2 aliphatic rings. The number of carbonyl (C=O) groups is 3. The van der Waals surface area contributed by atoms with Gasteiger partial charge in [0.2, 0.25) is 5.95 Å². The number of nitrogens with one attached hydrogen (secondary N) is 1. The predicted molar refractivity (Wildman–Crippen MR) is 167 cm³/mol. The molecule has 4 aromatic rings. The molecule has 2 aromatic heterocycles. The largest absolute Gasteiger partial charge is 0.419 e. The van der Waals surface area contributed by atoms with E-state index >= 15 is 0 Å². The third-order valence-electron chi connectivity index (χ3n) is 7.60. The van der Waals surface area contributed by atoms with Gasteiger partial charge in [-0.15, -0.1) is 0 Å². The first-order valence-corrected chi connectivity index (χ1v) is 14.4. The van der Waals surface area contributed by atoms with E-state index < -0.39 is 17.8 Å². The number of anilines is 3. The Bertz CT molecular complexity index is 1750. The molecule has 2 aliphatic heterocycles. The first-order chi connectivity index (χ1) is 21.8. The van der Waals surface area contributed by atoms with Crippen molar-refractivity contribution in [3.8, 4) is 22.8 Å². The summed E-state index contributed by atoms with van der Waals surface area (Å²) in [5, 5.41) is 2.85. The van der Waals surface area contributed by atoms with E-state index in [1.807, 2.05) is 42.3 Å². The molecule has 228 valence electrons. The van der Waals surface area contributed by atoms with Gasteiger partial charge in [-0.05, 0) is 55.6 Å². The topological polar surface area (TPSA) is 130 Å². The number of carbonyl (C=O) groups excluding carboxylic acids is 3. The minimum atomic E-state index is -0.777. The van der Waals surface area contributed by atoms with Gasteiger partial charge in [0, 0.05) is 93.0 Å². The standard InChI is InChI=1S/C33H31N7O5/c1-38-16-18-40(19-17-38)21-23-5-10-26(31-30(23)44-28(41)11-12-29(42)45-31)32(43)36-24-6-8-25(9-7-24)39(2)33-35-15-13-27(37-33)22-4-3-14-34-20-22/h3-15,20H,16-19,21H2,1-2H3,(H,36,43)/b12-11+. The lowest BCUT2D eigenvalue weighted by molar-refractivity contribution is -0.133. The second-order valence-electron chi connectivity index (χ2n) is 10.7. The maximum Gasteiger partial charge on any atom is 0.336 e. The highest BCUT2D eigenvalue weighted by Crippen LogP contribution is 2.38. The van der Waals surface area contributed by atoms with Gasteiger partial charge in [0.25, 0.3) is 5.91 Å². The van der Waals surface area contributed by atoms with Crippen molar-refractivity contribution in [2.75, 3.05) is 50.5 Å². The third-order valence-corrected chi connectivity index (χ3v) is 7.60. The van der Waals surface area contributed by atoms with E-state index in [0.29, 0.717) is 23.7 Å². The fraction of sp³-hybridized carbons (Fsp3) is 0.212. The fourth-order valence-corrected chi connectivity index (χ4v) is 5.04. The Balaban J connectivity index is 1.22. The summed E-state index contributed by atoms with van der Waals surface area (Å²) in [4.78, 5) is 57.9. The number of pyridine rings is 1. The highest BCUT2D eigenvalue weighted by Gasteiger charge is 2.27. The molecule has 1 N–H and O–H groups in total. The molecular weight excluding hydrogens is 574 g/mol. The zero-order chi connectivity index (χ0) is 31.3. The van der Waals surface area contributed by atoms with Gasteiger partial charge in [0.1, 0.15) is 0 Å².